The lowest BCUT2D eigenvalue weighted by Crippen LogP contribution is -2.27. The van der Waals surface area contributed by atoms with Gasteiger partial charge in [-0.2, -0.15) is 0 Å². The molecule has 0 aliphatic carbocycles. The molecule has 0 atom stereocenters. The molecule has 0 aliphatic rings. The summed E-state index contributed by atoms with van der Waals surface area (Å²) < 4.78 is 5.28. The van der Waals surface area contributed by atoms with Crippen LogP contribution in [0.15, 0.2) is 18.2 Å². The minimum absolute atomic E-state index is 0.704. The number of methoxy groups -OCH3 is 1. The molecule has 96 valence electrons. The van der Waals surface area contributed by atoms with Gasteiger partial charge in [0.15, 0.2) is 0 Å². The molecule has 0 aliphatic heterocycles. The lowest BCUT2D eigenvalue weighted by atomic mass is 10.2. The molecule has 0 amide bonds. The summed E-state index contributed by atoms with van der Waals surface area (Å²) in [5.74, 6) is 0.839. The van der Waals surface area contributed by atoms with Crippen LogP contribution in [-0.2, 0) is 6.54 Å². The van der Waals surface area contributed by atoms with Gasteiger partial charge in [-0.25, -0.2) is 0 Å². The van der Waals surface area contributed by atoms with Crippen LogP contribution in [-0.4, -0.2) is 26.7 Å². The van der Waals surface area contributed by atoms with Crippen LogP contribution in [0.25, 0.3) is 0 Å². The molecule has 0 spiro atoms. The highest BCUT2D eigenvalue weighted by Crippen LogP contribution is 2.22. The molecule has 0 radical (unpaired) electrons. The minimum atomic E-state index is 0.704. The number of hydrogen-bond acceptors (Lipinski definition) is 3. The maximum absolute atomic E-state index is 5.90. The number of rotatable bonds is 8. The van der Waals surface area contributed by atoms with E-state index in [4.69, 9.17) is 16.3 Å². The molecule has 0 heterocycles. The maximum Gasteiger partial charge on any atom is 0.124 e. The molecule has 0 aromatic heterocycles. The van der Waals surface area contributed by atoms with Gasteiger partial charge in [0.05, 0.1) is 7.11 Å². The highest BCUT2D eigenvalue weighted by Gasteiger charge is 2.02. The number of nitrogens with one attached hydrogen (secondary N) is 2. The third-order valence-corrected chi connectivity index (χ3v) is 2.70. The Morgan fingerprint density at radius 2 is 1.94 bits per heavy atom. The molecule has 0 bridgehead atoms. The largest absolute Gasteiger partial charge is 0.496 e. The van der Waals surface area contributed by atoms with Crippen LogP contribution < -0.4 is 15.4 Å². The van der Waals surface area contributed by atoms with Crippen molar-refractivity contribution in [2.75, 3.05) is 26.7 Å². The van der Waals surface area contributed by atoms with Crippen molar-refractivity contribution in [3.8, 4) is 5.75 Å². The number of ether oxygens (including phenoxy) is 1. The lowest BCUT2D eigenvalue weighted by Gasteiger charge is -2.10. The Morgan fingerprint density at radius 3 is 2.65 bits per heavy atom. The van der Waals surface area contributed by atoms with Crippen molar-refractivity contribution in [2.45, 2.75) is 19.9 Å². The summed E-state index contributed by atoms with van der Waals surface area (Å²) in [7, 11) is 1.66. The van der Waals surface area contributed by atoms with Gasteiger partial charge in [0, 0.05) is 30.2 Å². The molecular formula is C13H21ClN2O. The van der Waals surface area contributed by atoms with E-state index in [1.54, 1.807) is 7.11 Å². The molecule has 17 heavy (non-hydrogen) atoms. The third-order valence-electron chi connectivity index (χ3n) is 2.47. The molecule has 0 fully saturated rings. The average Bonchev–Trinajstić information content (AvgIpc) is 2.35. The van der Waals surface area contributed by atoms with Crippen molar-refractivity contribution in [1.29, 1.82) is 0 Å². The summed E-state index contributed by atoms with van der Waals surface area (Å²) in [6.45, 7) is 5.98. The topological polar surface area (TPSA) is 33.3 Å². The van der Waals surface area contributed by atoms with Crippen LogP contribution in [0.3, 0.4) is 0 Å². The van der Waals surface area contributed by atoms with E-state index < -0.39 is 0 Å². The first kappa shape index (κ1) is 14.3. The standard InChI is InChI=1S/C13H21ClN2O/c1-3-6-15-7-8-16-10-11-4-5-12(14)9-13(11)17-2/h4-5,9,15-16H,3,6-8,10H2,1-2H3. The van der Waals surface area contributed by atoms with E-state index in [0.717, 1.165) is 37.5 Å². The second kappa shape index (κ2) is 8.34. The molecule has 0 saturated heterocycles. The first-order chi connectivity index (χ1) is 8.27. The monoisotopic (exact) mass is 256 g/mol. The first-order valence-electron chi connectivity index (χ1n) is 6.01. The smallest absolute Gasteiger partial charge is 0.124 e. The average molecular weight is 257 g/mol. The molecule has 1 rings (SSSR count). The predicted octanol–water partition coefficient (Wildman–Crippen LogP) is 2.44. The lowest BCUT2D eigenvalue weighted by molar-refractivity contribution is 0.407. The van der Waals surface area contributed by atoms with E-state index in [0.29, 0.717) is 5.02 Å². The Kier molecular flexibility index (Phi) is 7.01. The molecule has 1 aromatic carbocycles. The van der Waals surface area contributed by atoms with E-state index in [9.17, 15) is 0 Å². The number of hydrogen-bond donors (Lipinski definition) is 2. The van der Waals surface area contributed by atoms with Crippen molar-refractivity contribution in [3.05, 3.63) is 28.8 Å². The number of halogens is 1. The van der Waals surface area contributed by atoms with Crippen LogP contribution in [0.2, 0.25) is 5.02 Å². The fraction of sp³-hybridized carbons (Fsp3) is 0.538. The Morgan fingerprint density at radius 1 is 1.18 bits per heavy atom. The normalized spacial score (nSPS) is 10.5. The molecule has 4 heteroatoms. The van der Waals surface area contributed by atoms with E-state index in [2.05, 4.69) is 17.6 Å². The SMILES string of the molecule is CCCNCCNCc1ccc(Cl)cc1OC. The van der Waals surface area contributed by atoms with Crippen LogP contribution in [0.5, 0.6) is 5.75 Å². The van der Waals surface area contributed by atoms with Crippen molar-refractivity contribution in [1.82, 2.24) is 10.6 Å². The second-order valence-electron chi connectivity index (χ2n) is 3.88. The minimum Gasteiger partial charge on any atom is -0.496 e. The van der Waals surface area contributed by atoms with Gasteiger partial charge in [-0.3, -0.25) is 0 Å². The highest BCUT2D eigenvalue weighted by atomic mass is 35.5. The van der Waals surface area contributed by atoms with E-state index in [1.807, 2.05) is 18.2 Å². The molecule has 3 nitrogen and oxygen atoms in total. The highest BCUT2D eigenvalue weighted by molar-refractivity contribution is 6.30. The molecule has 2 N–H and O–H groups in total. The van der Waals surface area contributed by atoms with Crippen LogP contribution in [0.4, 0.5) is 0 Å². The summed E-state index contributed by atoms with van der Waals surface area (Å²) in [5.41, 5.74) is 1.13. The van der Waals surface area contributed by atoms with Gasteiger partial charge in [0.25, 0.3) is 0 Å². The maximum atomic E-state index is 5.90. The Bertz CT molecular complexity index is 331. The zero-order chi connectivity index (χ0) is 12.5. The van der Waals surface area contributed by atoms with Crippen molar-refractivity contribution >= 4 is 11.6 Å². The van der Waals surface area contributed by atoms with Crippen molar-refractivity contribution in [2.24, 2.45) is 0 Å². The molecule has 0 unspecified atom stereocenters. The van der Waals surface area contributed by atoms with Crippen molar-refractivity contribution in [3.63, 3.8) is 0 Å². The Labute approximate surface area is 109 Å². The number of benzene rings is 1. The van der Waals surface area contributed by atoms with Gasteiger partial charge in [-0.05, 0) is 25.1 Å². The zero-order valence-electron chi connectivity index (χ0n) is 10.6. The quantitative estimate of drug-likeness (QED) is 0.701. The van der Waals surface area contributed by atoms with E-state index >= 15 is 0 Å². The Balaban J connectivity index is 2.31. The molecular weight excluding hydrogens is 236 g/mol. The fourth-order valence-corrected chi connectivity index (χ4v) is 1.73. The van der Waals surface area contributed by atoms with Gasteiger partial charge in [-0.15, -0.1) is 0 Å². The van der Waals surface area contributed by atoms with Gasteiger partial charge < -0.3 is 15.4 Å². The molecule has 0 saturated carbocycles. The van der Waals surface area contributed by atoms with Crippen LogP contribution in [0, 0.1) is 0 Å². The first-order valence-corrected chi connectivity index (χ1v) is 6.39. The third kappa shape index (κ3) is 5.39. The van der Waals surface area contributed by atoms with Crippen LogP contribution >= 0.6 is 11.6 Å². The second-order valence-corrected chi connectivity index (χ2v) is 4.32. The van der Waals surface area contributed by atoms with Crippen LogP contribution in [0.1, 0.15) is 18.9 Å². The van der Waals surface area contributed by atoms with E-state index in [-0.39, 0.29) is 0 Å². The summed E-state index contributed by atoms with van der Waals surface area (Å²) in [5, 5.41) is 7.42. The summed E-state index contributed by atoms with van der Waals surface area (Å²) >= 11 is 5.90. The predicted molar refractivity (Wildman–Crippen MR) is 72.9 cm³/mol. The summed E-state index contributed by atoms with van der Waals surface area (Å²) in [4.78, 5) is 0. The van der Waals surface area contributed by atoms with E-state index in [1.165, 1.54) is 6.42 Å². The summed E-state index contributed by atoms with van der Waals surface area (Å²) in [6, 6.07) is 5.72. The van der Waals surface area contributed by atoms with Crippen molar-refractivity contribution < 1.29 is 4.74 Å². The van der Waals surface area contributed by atoms with Gasteiger partial charge >= 0.3 is 0 Å². The molecule has 1 aromatic rings. The van der Waals surface area contributed by atoms with Gasteiger partial charge in [0.1, 0.15) is 5.75 Å². The van der Waals surface area contributed by atoms with Gasteiger partial charge in [-0.1, -0.05) is 24.6 Å². The fourth-order valence-electron chi connectivity index (χ4n) is 1.57. The summed E-state index contributed by atoms with van der Waals surface area (Å²) in [6.07, 6.45) is 1.17. The van der Waals surface area contributed by atoms with Gasteiger partial charge in [0.2, 0.25) is 0 Å². The Hall–Kier alpha value is -0.770. The zero-order valence-corrected chi connectivity index (χ0v) is 11.3.